The van der Waals surface area contributed by atoms with Crippen LogP contribution < -0.4 is 0 Å². The molecule has 0 spiro atoms. The highest BCUT2D eigenvalue weighted by Crippen LogP contribution is 2.39. The first kappa shape index (κ1) is 12.4. The average molecular weight is 238 g/mol. The van der Waals surface area contributed by atoms with Gasteiger partial charge in [0.25, 0.3) is 0 Å². The molecule has 0 N–H and O–H groups in total. The molecule has 0 aromatic heterocycles. The molecule has 0 radical (unpaired) electrons. The lowest BCUT2D eigenvalue weighted by atomic mass is 10.0. The predicted molar refractivity (Wildman–Crippen MR) is 52.4 cm³/mol. The molecule has 15 heavy (non-hydrogen) atoms. The van der Waals surface area contributed by atoms with Crippen molar-refractivity contribution < 1.29 is 17.6 Å². The summed E-state index contributed by atoms with van der Waals surface area (Å²) in [7, 11) is 0. The minimum absolute atomic E-state index is 0.0817. The molecule has 0 unspecified atom stereocenters. The Morgan fingerprint density at radius 1 is 1.20 bits per heavy atom. The predicted octanol–water partition coefficient (Wildman–Crippen LogP) is 4.56. The second-order valence-electron chi connectivity index (χ2n) is 3.39. The summed E-state index contributed by atoms with van der Waals surface area (Å²) in [5.74, 6) is -0.750. The maximum absolute atomic E-state index is 13.0. The van der Waals surface area contributed by atoms with Crippen molar-refractivity contribution in [2.24, 2.45) is 0 Å². The lowest BCUT2D eigenvalue weighted by molar-refractivity contribution is -0.0329. The van der Waals surface area contributed by atoms with Gasteiger partial charge in [0.1, 0.15) is 5.82 Å². The first-order valence-electron chi connectivity index (χ1n) is 4.35. The van der Waals surface area contributed by atoms with Crippen LogP contribution >= 0.6 is 11.8 Å². The standard InChI is InChI=1S/C10H10F4S/c1-6(2)7-3-4-8(11)9(5-7)15-10(12,13)14/h3-6H,1-2H3. The number of halogens is 4. The minimum atomic E-state index is -4.45. The molecule has 0 bridgehead atoms. The fourth-order valence-corrected chi connectivity index (χ4v) is 1.69. The zero-order chi connectivity index (χ0) is 11.6. The van der Waals surface area contributed by atoms with E-state index in [1.54, 1.807) is 0 Å². The summed E-state index contributed by atoms with van der Waals surface area (Å²) in [6.45, 7) is 3.69. The van der Waals surface area contributed by atoms with Gasteiger partial charge >= 0.3 is 5.51 Å². The highest BCUT2D eigenvalue weighted by atomic mass is 32.2. The van der Waals surface area contributed by atoms with Crippen LogP contribution in [-0.2, 0) is 0 Å². The summed E-state index contributed by atoms with van der Waals surface area (Å²) >= 11 is -0.416. The molecule has 0 nitrogen and oxygen atoms in total. The van der Waals surface area contributed by atoms with Gasteiger partial charge in [-0.2, -0.15) is 13.2 Å². The number of hydrogen-bond acceptors (Lipinski definition) is 1. The molecule has 0 saturated carbocycles. The Bertz CT molecular complexity index is 344. The van der Waals surface area contributed by atoms with Crippen LogP contribution in [0.5, 0.6) is 0 Å². The van der Waals surface area contributed by atoms with Crippen LogP contribution in [0, 0.1) is 5.82 Å². The van der Waals surface area contributed by atoms with Crippen LogP contribution in [0.15, 0.2) is 23.1 Å². The van der Waals surface area contributed by atoms with Crippen LogP contribution in [0.2, 0.25) is 0 Å². The second kappa shape index (κ2) is 4.43. The van der Waals surface area contributed by atoms with Gasteiger partial charge < -0.3 is 0 Å². The second-order valence-corrected chi connectivity index (χ2v) is 4.50. The maximum atomic E-state index is 13.0. The third-order valence-corrected chi connectivity index (χ3v) is 2.61. The lowest BCUT2D eigenvalue weighted by Crippen LogP contribution is -2.01. The molecule has 1 rings (SSSR count). The van der Waals surface area contributed by atoms with Gasteiger partial charge in [-0.1, -0.05) is 19.9 Å². The summed E-state index contributed by atoms with van der Waals surface area (Å²) in [6.07, 6.45) is 0. The van der Waals surface area contributed by atoms with E-state index in [1.165, 1.54) is 12.1 Å². The summed E-state index contributed by atoms with van der Waals surface area (Å²) < 4.78 is 49.2. The largest absolute Gasteiger partial charge is 0.446 e. The van der Waals surface area contributed by atoms with Crippen molar-refractivity contribution in [2.75, 3.05) is 0 Å². The molecule has 0 aliphatic rings. The maximum Gasteiger partial charge on any atom is 0.446 e. The van der Waals surface area contributed by atoms with Crippen molar-refractivity contribution in [3.63, 3.8) is 0 Å². The van der Waals surface area contributed by atoms with E-state index in [0.717, 1.165) is 6.07 Å². The van der Waals surface area contributed by atoms with Gasteiger partial charge in [0.2, 0.25) is 0 Å². The Labute approximate surface area is 89.7 Å². The van der Waals surface area contributed by atoms with Gasteiger partial charge in [-0.3, -0.25) is 0 Å². The zero-order valence-corrected chi connectivity index (χ0v) is 9.05. The SMILES string of the molecule is CC(C)c1ccc(F)c(SC(F)(F)F)c1. The molecular weight excluding hydrogens is 228 g/mol. The lowest BCUT2D eigenvalue weighted by Gasteiger charge is -2.10. The van der Waals surface area contributed by atoms with E-state index in [-0.39, 0.29) is 10.8 Å². The van der Waals surface area contributed by atoms with Crippen LogP contribution in [0.4, 0.5) is 17.6 Å². The fraction of sp³-hybridized carbons (Fsp3) is 0.400. The molecule has 0 fully saturated rings. The summed E-state index contributed by atoms with van der Waals surface area (Å²) in [6, 6.07) is 3.82. The van der Waals surface area contributed by atoms with E-state index in [0.29, 0.717) is 5.56 Å². The number of rotatable bonds is 2. The topological polar surface area (TPSA) is 0 Å². The molecule has 0 heterocycles. The molecule has 0 saturated heterocycles. The van der Waals surface area contributed by atoms with Crippen molar-refractivity contribution >= 4 is 11.8 Å². The third kappa shape index (κ3) is 3.74. The summed E-state index contributed by atoms with van der Waals surface area (Å²) in [4.78, 5) is -0.367. The van der Waals surface area contributed by atoms with Gasteiger partial charge in [0.15, 0.2) is 0 Å². The van der Waals surface area contributed by atoms with Crippen LogP contribution in [0.25, 0.3) is 0 Å². The number of benzene rings is 1. The van der Waals surface area contributed by atoms with Gasteiger partial charge in [-0.15, -0.1) is 0 Å². The number of hydrogen-bond donors (Lipinski definition) is 0. The van der Waals surface area contributed by atoms with E-state index in [1.807, 2.05) is 13.8 Å². The Balaban J connectivity index is 3.01. The number of thioether (sulfide) groups is 1. The van der Waals surface area contributed by atoms with Gasteiger partial charge in [0, 0.05) is 0 Å². The first-order chi connectivity index (χ1) is 6.79. The molecule has 1 aromatic carbocycles. The van der Waals surface area contributed by atoms with Gasteiger partial charge in [0.05, 0.1) is 4.90 Å². The Kier molecular flexibility index (Phi) is 3.65. The summed E-state index contributed by atoms with van der Waals surface area (Å²) in [5.41, 5.74) is -3.75. The van der Waals surface area contributed by atoms with Crippen molar-refractivity contribution in [2.45, 2.75) is 30.2 Å². The number of alkyl halides is 3. The molecule has 0 aliphatic heterocycles. The van der Waals surface area contributed by atoms with Crippen molar-refractivity contribution in [1.82, 2.24) is 0 Å². The van der Waals surface area contributed by atoms with E-state index in [9.17, 15) is 17.6 Å². The molecule has 0 atom stereocenters. The van der Waals surface area contributed by atoms with E-state index in [4.69, 9.17) is 0 Å². The van der Waals surface area contributed by atoms with Crippen molar-refractivity contribution in [1.29, 1.82) is 0 Å². The molecule has 84 valence electrons. The fourth-order valence-electron chi connectivity index (χ4n) is 1.08. The quantitative estimate of drug-likeness (QED) is 0.537. The van der Waals surface area contributed by atoms with E-state index >= 15 is 0 Å². The first-order valence-corrected chi connectivity index (χ1v) is 5.16. The Morgan fingerprint density at radius 2 is 1.80 bits per heavy atom. The molecule has 1 aromatic rings. The highest BCUT2D eigenvalue weighted by Gasteiger charge is 2.30. The van der Waals surface area contributed by atoms with E-state index in [2.05, 4.69) is 0 Å². The van der Waals surface area contributed by atoms with E-state index < -0.39 is 23.1 Å². The Hall–Kier alpha value is -0.710. The monoisotopic (exact) mass is 238 g/mol. The summed E-state index contributed by atoms with van der Waals surface area (Å²) in [5, 5.41) is 0. The van der Waals surface area contributed by atoms with Crippen LogP contribution in [0.3, 0.4) is 0 Å². The highest BCUT2D eigenvalue weighted by molar-refractivity contribution is 8.00. The third-order valence-electron chi connectivity index (χ3n) is 1.85. The molecule has 5 heteroatoms. The van der Waals surface area contributed by atoms with Crippen LogP contribution in [0.1, 0.15) is 25.3 Å². The van der Waals surface area contributed by atoms with Gasteiger partial charge in [-0.05, 0) is 35.4 Å². The molecule has 0 aliphatic carbocycles. The zero-order valence-electron chi connectivity index (χ0n) is 8.23. The minimum Gasteiger partial charge on any atom is -0.206 e. The van der Waals surface area contributed by atoms with Crippen LogP contribution in [-0.4, -0.2) is 5.51 Å². The smallest absolute Gasteiger partial charge is 0.206 e. The normalized spacial score (nSPS) is 12.2. The molecular formula is C10H10F4S. The van der Waals surface area contributed by atoms with Crippen molar-refractivity contribution in [3.05, 3.63) is 29.6 Å². The Morgan fingerprint density at radius 3 is 2.27 bits per heavy atom. The van der Waals surface area contributed by atoms with Crippen molar-refractivity contribution in [3.8, 4) is 0 Å². The van der Waals surface area contributed by atoms with Gasteiger partial charge in [-0.25, -0.2) is 4.39 Å². The average Bonchev–Trinajstić information content (AvgIpc) is 2.06. The molecule has 0 amide bonds.